The van der Waals surface area contributed by atoms with Gasteiger partial charge in [-0.05, 0) is 36.8 Å². The monoisotopic (exact) mass is 345 g/mol. The third-order valence-corrected chi connectivity index (χ3v) is 3.88. The Kier molecular flexibility index (Phi) is 4.60. The number of aromatic nitrogens is 3. The van der Waals surface area contributed by atoms with E-state index in [9.17, 15) is 0 Å². The first-order valence-corrected chi connectivity index (χ1v) is 7.62. The molecule has 3 rings (SSSR count). The molecule has 2 N–H and O–H groups in total. The molecule has 0 aliphatic carbocycles. The van der Waals surface area contributed by atoms with Gasteiger partial charge in [0.2, 0.25) is 5.95 Å². The normalized spacial score (nSPS) is 10.4. The maximum absolute atomic E-state index is 6.00. The van der Waals surface area contributed by atoms with Crippen LogP contribution in [0.4, 0.5) is 23.1 Å². The molecule has 0 unspecified atom stereocenters. The fourth-order valence-electron chi connectivity index (χ4n) is 1.97. The minimum atomic E-state index is 0.407. The summed E-state index contributed by atoms with van der Waals surface area (Å²) in [5.74, 6) is 0.957. The lowest BCUT2D eigenvalue weighted by atomic mass is 10.2. The van der Waals surface area contributed by atoms with E-state index in [2.05, 4.69) is 25.8 Å². The third kappa shape index (κ3) is 3.88. The van der Waals surface area contributed by atoms with Crippen LogP contribution in [0.15, 0.2) is 48.7 Å². The number of rotatable bonds is 4. The minimum Gasteiger partial charge on any atom is -0.339 e. The largest absolute Gasteiger partial charge is 0.339 e. The highest BCUT2D eigenvalue weighted by Crippen LogP contribution is 2.26. The molecule has 0 spiro atoms. The predicted octanol–water partition coefficient (Wildman–Crippen LogP) is 4.97. The summed E-state index contributed by atoms with van der Waals surface area (Å²) in [4.78, 5) is 4.38. The Hall–Kier alpha value is -2.37. The molecule has 2 aromatic carbocycles. The Morgan fingerprint density at radius 3 is 2.57 bits per heavy atom. The van der Waals surface area contributed by atoms with Gasteiger partial charge < -0.3 is 10.6 Å². The molecule has 0 fully saturated rings. The van der Waals surface area contributed by atoms with Crippen molar-refractivity contribution < 1.29 is 0 Å². The van der Waals surface area contributed by atoms with Crippen molar-refractivity contribution >= 4 is 46.3 Å². The topological polar surface area (TPSA) is 62.7 Å². The van der Waals surface area contributed by atoms with Gasteiger partial charge in [-0.2, -0.15) is 10.1 Å². The highest BCUT2D eigenvalue weighted by Gasteiger charge is 2.05. The zero-order valence-electron chi connectivity index (χ0n) is 12.2. The molecule has 0 amide bonds. The lowest BCUT2D eigenvalue weighted by molar-refractivity contribution is 0.982. The zero-order chi connectivity index (χ0) is 16.2. The molecule has 1 heterocycles. The third-order valence-electron chi connectivity index (χ3n) is 3.14. The number of benzene rings is 2. The summed E-state index contributed by atoms with van der Waals surface area (Å²) in [6.45, 7) is 2.01. The van der Waals surface area contributed by atoms with Crippen molar-refractivity contribution in [1.82, 2.24) is 15.2 Å². The molecule has 0 aliphatic rings. The van der Waals surface area contributed by atoms with Crippen LogP contribution in [0, 0.1) is 6.92 Å². The van der Waals surface area contributed by atoms with Crippen molar-refractivity contribution in [3.8, 4) is 0 Å². The Morgan fingerprint density at radius 1 is 0.957 bits per heavy atom. The second kappa shape index (κ2) is 6.81. The Bertz CT molecular complexity index is 838. The van der Waals surface area contributed by atoms with E-state index in [0.717, 1.165) is 16.9 Å². The molecule has 5 nitrogen and oxygen atoms in total. The molecule has 23 heavy (non-hydrogen) atoms. The number of nitrogens with zero attached hydrogens (tertiary/aromatic N) is 3. The van der Waals surface area contributed by atoms with Gasteiger partial charge in [0.1, 0.15) is 0 Å². The van der Waals surface area contributed by atoms with Gasteiger partial charge in [-0.25, -0.2) is 0 Å². The van der Waals surface area contributed by atoms with Crippen LogP contribution in [0.5, 0.6) is 0 Å². The summed E-state index contributed by atoms with van der Waals surface area (Å²) < 4.78 is 0. The molecule has 0 saturated heterocycles. The first-order chi connectivity index (χ1) is 11.1. The number of aryl methyl sites for hydroxylation is 1. The van der Waals surface area contributed by atoms with Crippen molar-refractivity contribution in [2.24, 2.45) is 0 Å². The SMILES string of the molecule is Cc1ccccc1Nc1nncc(Nc2ccc(Cl)c(Cl)c2)n1. The van der Waals surface area contributed by atoms with Gasteiger partial charge in [0.05, 0.1) is 16.2 Å². The first-order valence-electron chi connectivity index (χ1n) is 6.86. The van der Waals surface area contributed by atoms with Gasteiger partial charge >= 0.3 is 0 Å². The van der Waals surface area contributed by atoms with E-state index in [1.807, 2.05) is 37.3 Å². The quantitative estimate of drug-likeness (QED) is 0.698. The molecule has 1 aromatic heterocycles. The molecule has 0 aliphatic heterocycles. The number of halogens is 2. The zero-order valence-corrected chi connectivity index (χ0v) is 13.7. The van der Waals surface area contributed by atoms with Crippen molar-refractivity contribution in [3.63, 3.8) is 0 Å². The number of hydrogen-bond donors (Lipinski definition) is 2. The fourth-order valence-corrected chi connectivity index (χ4v) is 2.27. The Balaban J connectivity index is 1.79. The molecule has 0 radical (unpaired) electrons. The molecular weight excluding hydrogens is 333 g/mol. The first kappa shape index (κ1) is 15.5. The van der Waals surface area contributed by atoms with Crippen LogP contribution in [0.1, 0.15) is 5.56 Å². The maximum Gasteiger partial charge on any atom is 0.249 e. The number of anilines is 4. The lowest BCUT2D eigenvalue weighted by Crippen LogP contribution is -2.03. The summed E-state index contributed by atoms with van der Waals surface area (Å²) in [7, 11) is 0. The van der Waals surface area contributed by atoms with Crippen LogP contribution < -0.4 is 10.6 Å². The van der Waals surface area contributed by atoms with Crippen molar-refractivity contribution in [2.75, 3.05) is 10.6 Å². The molecule has 116 valence electrons. The molecule has 7 heteroatoms. The van der Waals surface area contributed by atoms with Crippen LogP contribution in [0.2, 0.25) is 10.0 Å². The van der Waals surface area contributed by atoms with Gasteiger partial charge in [0, 0.05) is 11.4 Å². The van der Waals surface area contributed by atoms with Crippen LogP contribution in [-0.2, 0) is 0 Å². The maximum atomic E-state index is 6.00. The number of para-hydroxylation sites is 1. The van der Waals surface area contributed by atoms with E-state index in [-0.39, 0.29) is 0 Å². The summed E-state index contributed by atoms with van der Waals surface area (Å²) in [6.07, 6.45) is 1.53. The number of nitrogens with one attached hydrogen (secondary N) is 2. The number of hydrogen-bond acceptors (Lipinski definition) is 5. The Labute approximate surface area is 143 Å². The van der Waals surface area contributed by atoms with Gasteiger partial charge in [-0.15, -0.1) is 5.10 Å². The molecule has 3 aromatic rings. The summed E-state index contributed by atoms with van der Waals surface area (Å²) in [5.41, 5.74) is 2.79. The van der Waals surface area contributed by atoms with E-state index in [1.165, 1.54) is 6.20 Å². The van der Waals surface area contributed by atoms with E-state index in [0.29, 0.717) is 21.8 Å². The van der Waals surface area contributed by atoms with E-state index >= 15 is 0 Å². The Morgan fingerprint density at radius 2 is 1.78 bits per heavy atom. The van der Waals surface area contributed by atoms with Gasteiger partial charge in [-0.1, -0.05) is 41.4 Å². The summed E-state index contributed by atoms with van der Waals surface area (Å²) in [6, 6.07) is 13.1. The van der Waals surface area contributed by atoms with E-state index < -0.39 is 0 Å². The molecule has 0 atom stereocenters. The highest BCUT2D eigenvalue weighted by molar-refractivity contribution is 6.42. The van der Waals surface area contributed by atoms with Crippen molar-refractivity contribution in [3.05, 3.63) is 64.3 Å². The second-order valence-corrected chi connectivity index (χ2v) is 5.67. The molecule has 0 bridgehead atoms. The smallest absolute Gasteiger partial charge is 0.249 e. The lowest BCUT2D eigenvalue weighted by Gasteiger charge is -2.09. The van der Waals surface area contributed by atoms with Gasteiger partial charge in [0.15, 0.2) is 5.82 Å². The van der Waals surface area contributed by atoms with Crippen molar-refractivity contribution in [1.29, 1.82) is 0 Å². The van der Waals surface area contributed by atoms with Crippen molar-refractivity contribution in [2.45, 2.75) is 6.92 Å². The van der Waals surface area contributed by atoms with Gasteiger partial charge in [-0.3, -0.25) is 0 Å². The standard InChI is InChI=1S/C16H13Cl2N5/c1-10-4-2-3-5-14(10)21-16-22-15(9-19-23-16)20-11-6-7-12(17)13(18)8-11/h2-9H,1H3,(H2,20,21,22,23). The summed E-state index contributed by atoms with van der Waals surface area (Å²) in [5, 5.41) is 15.2. The molecule has 0 saturated carbocycles. The average molecular weight is 346 g/mol. The van der Waals surface area contributed by atoms with E-state index in [1.54, 1.807) is 12.1 Å². The average Bonchev–Trinajstić information content (AvgIpc) is 2.54. The van der Waals surface area contributed by atoms with Gasteiger partial charge in [0.25, 0.3) is 0 Å². The molecular formula is C16H13Cl2N5. The predicted molar refractivity (Wildman–Crippen MR) is 94.0 cm³/mol. The van der Waals surface area contributed by atoms with Crippen LogP contribution in [0.3, 0.4) is 0 Å². The minimum absolute atomic E-state index is 0.407. The highest BCUT2D eigenvalue weighted by atomic mass is 35.5. The summed E-state index contributed by atoms with van der Waals surface area (Å²) >= 11 is 11.9. The van der Waals surface area contributed by atoms with Crippen LogP contribution in [0.25, 0.3) is 0 Å². The van der Waals surface area contributed by atoms with E-state index in [4.69, 9.17) is 23.2 Å². The van der Waals surface area contributed by atoms with Crippen LogP contribution in [-0.4, -0.2) is 15.2 Å². The second-order valence-electron chi connectivity index (χ2n) is 4.86. The fraction of sp³-hybridized carbons (Fsp3) is 0.0625. The van der Waals surface area contributed by atoms with Crippen LogP contribution >= 0.6 is 23.2 Å².